The summed E-state index contributed by atoms with van der Waals surface area (Å²) in [5, 5.41) is 0. The van der Waals surface area contributed by atoms with E-state index < -0.39 is 10.4 Å². The van der Waals surface area contributed by atoms with Crippen LogP contribution in [0, 0.1) is 0 Å². The summed E-state index contributed by atoms with van der Waals surface area (Å²) < 4.78 is 34.0. The zero-order valence-corrected chi connectivity index (χ0v) is 16.0. The largest absolute Gasteiger partial charge is 0.726 e. The molecule has 0 radical (unpaired) electrons. The average molecular weight is 353 g/mol. The Balaban J connectivity index is 0.000000433. The standard InChI is InChI=1S/C8H18N2.C8H18O4S/c1-3-4-5-10-7-6-9(2)8-10;1-2-3-4-5-6-7-8-12-13(9,10)11/h3-8H2,1-2H3;2-8H2,1H3,(H,9,10,11). The molecule has 23 heavy (non-hydrogen) atoms. The third kappa shape index (κ3) is 16.4. The summed E-state index contributed by atoms with van der Waals surface area (Å²) in [6, 6.07) is 0. The van der Waals surface area contributed by atoms with E-state index in [0.717, 1.165) is 12.8 Å². The maximum atomic E-state index is 9.99. The highest BCUT2D eigenvalue weighted by atomic mass is 32.3. The van der Waals surface area contributed by atoms with Crippen LogP contribution in [0.1, 0.15) is 65.2 Å². The van der Waals surface area contributed by atoms with Crippen molar-refractivity contribution in [3.05, 3.63) is 0 Å². The molecule has 0 aromatic carbocycles. The van der Waals surface area contributed by atoms with E-state index in [9.17, 15) is 13.0 Å². The first-order valence-electron chi connectivity index (χ1n) is 9.01. The molecule has 0 amide bonds. The molecule has 0 aromatic rings. The minimum atomic E-state index is -4.47. The molecular formula is C16H36N2O4S. The number of unbranched alkanes of at least 4 members (excludes halogenated alkanes) is 6. The normalized spacial score (nSPS) is 18.7. The van der Waals surface area contributed by atoms with Crippen molar-refractivity contribution < 1.29 is 22.1 Å². The predicted octanol–water partition coefficient (Wildman–Crippen LogP) is 1.40. The van der Waals surface area contributed by atoms with Gasteiger partial charge >= 0.3 is 0 Å². The molecule has 1 fully saturated rings. The number of hydrogen-bond acceptors (Lipinski definition) is 5. The fourth-order valence-electron chi connectivity index (χ4n) is 2.56. The molecule has 7 heteroatoms. The number of likely N-dealkylation sites (N-methyl/N-ethyl adjacent to an activating group) is 1. The molecule has 1 aliphatic heterocycles. The Bertz CT molecular complexity index is 363. The third-order valence-corrected chi connectivity index (χ3v) is 4.41. The van der Waals surface area contributed by atoms with E-state index in [1.165, 1.54) is 58.4 Å². The Morgan fingerprint density at radius 3 is 2.17 bits per heavy atom. The minimum absolute atomic E-state index is 0.0258. The highest BCUT2D eigenvalue weighted by Crippen LogP contribution is 2.05. The molecule has 1 heterocycles. The van der Waals surface area contributed by atoms with Crippen molar-refractivity contribution >= 4 is 10.4 Å². The van der Waals surface area contributed by atoms with Crippen molar-refractivity contribution in [3.63, 3.8) is 0 Å². The number of nitrogens with one attached hydrogen (secondary N) is 1. The van der Waals surface area contributed by atoms with E-state index >= 15 is 0 Å². The van der Waals surface area contributed by atoms with Crippen LogP contribution < -0.4 is 4.90 Å². The van der Waals surface area contributed by atoms with Gasteiger partial charge in [-0.15, -0.1) is 0 Å². The number of nitrogens with zero attached hydrogens (tertiary/aromatic N) is 1. The molecule has 140 valence electrons. The van der Waals surface area contributed by atoms with Gasteiger partial charge in [0, 0.05) is 0 Å². The zero-order chi connectivity index (χ0) is 17.6. The molecule has 1 aliphatic rings. The van der Waals surface area contributed by atoms with Crippen LogP contribution >= 0.6 is 0 Å². The number of hydrogen-bond donors (Lipinski definition) is 1. The molecule has 0 aliphatic carbocycles. The number of rotatable bonds is 11. The zero-order valence-electron chi connectivity index (χ0n) is 15.2. The molecule has 1 saturated heterocycles. The molecule has 0 aromatic heterocycles. The Morgan fingerprint density at radius 2 is 1.65 bits per heavy atom. The van der Waals surface area contributed by atoms with Crippen molar-refractivity contribution in [2.45, 2.75) is 65.2 Å². The Kier molecular flexibility index (Phi) is 14.0. The monoisotopic (exact) mass is 352 g/mol. The first-order chi connectivity index (χ1) is 10.9. The van der Waals surface area contributed by atoms with Crippen LogP contribution in [0.2, 0.25) is 0 Å². The summed E-state index contributed by atoms with van der Waals surface area (Å²) >= 11 is 0. The van der Waals surface area contributed by atoms with E-state index in [2.05, 4.69) is 30.0 Å². The summed E-state index contributed by atoms with van der Waals surface area (Å²) in [5.41, 5.74) is 0. The van der Waals surface area contributed by atoms with Gasteiger partial charge in [-0.25, -0.2) is 8.42 Å². The van der Waals surface area contributed by atoms with Crippen LogP contribution in [0.4, 0.5) is 0 Å². The third-order valence-electron chi connectivity index (χ3n) is 3.95. The van der Waals surface area contributed by atoms with Crippen molar-refractivity contribution in [1.29, 1.82) is 0 Å². The van der Waals surface area contributed by atoms with Gasteiger partial charge in [0.05, 0.1) is 26.2 Å². The summed E-state index contributed by atoms with van der Waals surface area (Å²) in [6.45, 7) is 9.71. The predicted molar refractivity (Wildman–Crippen MR) is 92.1 cm³/mol. The molecule has 0 saturated carbocycles. The molecule has 0 spiro atoms. The van der Waals surface area contributed by atoms with Crippen molar-refractivity contribution in [2.24, 2.45) is 0 Å². The van der Waals surface area contributed by atoms with Gasteiger partial charge in [0.2, 0.25) is 10.4 Å². The second-order valence-electron chi connectivity index (χ2n) is 6.34. The quantitative estimate of drug-likeness (QED) is 0.346. The molecule has 1 N–H and O–H groups in total. The van der Waals surface area contributed by atoms with Gasteiger partial charge in [-0.3, -0.25) is 9.08 Å². The lowest BCUT2D eigenvalue weighted by molar-refractivity contribution is -0.891. The van der Waals surface area contributed by atoms with E-state index in [4.69, 9.17) is 0 Å². The van der Waals surface area contributed by atoms with E-state index in [-0.39, 0.29) is 6.61 Å². The Hall–Kier alpha value is -0.210. The van der Waals surface area contributed by atoms with Crippen molar-refractivity contribution in [3.8, 4) is 0 Å². The van der Waals surface area contributed by atoms with Crippen LogP contribution in [0.5, 0.6) is 0 Å². The summed E-state index contributed by atoms with van der Waals surface area (Å²) in [7, 11) is -2.26. The lowest BCUT2D eigenvalue weighted by atomic mass is 10.1. The fourth-order valence-corrected chi connectivity index (χ4v) is 2.88. The van der Waals surface area contributed by atoms with Gasteiger partial charge in [0.15, 0.2) is 0 Å². The SMILES string of the molecule is CCCCCCCCOS(=O)(=O)[O-].CCCC[NH+]1CCN(C)C1. The van der Waals surface area contributed by atoms with E-state index in [0.29, 0.717) is 6.42 Å². The van der Waals surface area contributed by atoms with Crippen LogP contribution in [-0.4, -0.2) is 57.8 Å². The van der Waals surface area contributed by atoms with Gasteiger partial charge in [0.1, 0.15) is 6.67 Å². The van der Waals surface area contributed by atoms with Crippen LogP contribution in [0.25, 0.3) is 0 Å². The van der Waals surface area contributed by atoms with Gasteiger partial charge < -0.3 is 9.45 Å². The minimum Gasteiger partial charge on any atom is -0.726 e. The van der Waals surface area contributed by atoms with Crippen molar-refractivity contribution in [2.75, 3.05) is 40.0 Å². The van der Waals surface area contributed by atoms with Gasteiger partial charge in [-0.05, 0) is 19.9 Å². The first kappa shape index (κ1) is 22.8. The summed E-state index contributed by atoms with van der Waals surface area (Å²) in [5.74, 6) is 0. The second kappa shape index (κ2) is 14.2. The van der Waals surface area contributed by atoms with Crippen molar-refractivity contribution in [1.82, 2.24) is 4.90 Å². The molecule has 1 atom stereocenters. The smallest absolute Gasteiger partial charge is 0.217 e. The first-order valence-corrected chi connectivity index (χ1v) is 10.3. The fraction of sp³-hybridized carbons (Fsp3) is 1.00. The van der Waals surface area contributed by atoms with Crippen LogP contribution in [0.3, 0.4) is 0 Å². The lowest BCUT2D eigenvalue weighted by Crippen LogP contribution is -3.10. The lowest BCUT2D eigenvalue weighted by Gasteiger charge is -2.10. The van der Waals surface area contributed by atoms with Crippen LogP contribution in [-0.2, 0) is 14.6 Å². The van der Waals surface area contributed by atoms with Gasteiger partial charge in [-0.2, -0.15) is 0 Å². The molecular weight excluding hydrogens is 316 g/mol. The maximum absolute atomic E-state index is 9.99. The average Bonchev–Trinajstić information content (AvgIpc) is 2.89. The van der Waals surface area contributed by atoms with E-state index in [1.54, 1.807) is 4.90 Å². The summed E-state index contributed by atoms with van der Waals surface area (Å²) in [6.07, 6.45) is 8.94. The second-order valence-corrected chi connectivity index (χ2v) is 7.39. The topological polar surface area (TPSA) is 74.1 Å². The molecule has 1 rings (SSSR count). The van der Waals surface area contributed by atoms with E-state index in [1.807, 2.05) is 0 Å². The van der Waals surface area contributed by atoms with Crippen LogP contribution in [0.15, 0.2) is 0 Å². The molecule has 1 unspecified atom stereocenters. The Labute approximate surface area is 143 Å². The molecule has 6 nitrogen and oxygen atoms in total. The highest BCUT2D eigenvalue weighted by Gasteiger charge is 2.18. The highest BCUT2D eigenvalue weighted by molar-refractivity contribution is 7.80. The Morgan fingerprint density at radius 1 is 1.04 bits per heavy atom. The maximum Gasteiger partial charge on any atom is 0.217 e. The van der Waals surface area contributed by atoms with Gasteiger partial charge in [-0.1, -0.05) is 52.4 Å². The van der Waals surface area contributed by atoms with Gasteiger partial charge in [0.25, 0.3) is 0 Å². The summed E-state index contributed by atoms with van der Waals surface area (Å²) in [4.78, 5) is 4.18. The number of quaternary nitrogens is 1. The molecule has 0 bridgehead atoms.